The maximum absolute atomic E-state index is 13.4. The molecule has 0 aliphatic heterocycles. The number of halogens is 1. The van der Waals surface area contributed by atoms with Crippen molar-refractivity contribution in [1.82, 2.24) is 0 Å². The molecule has 0 amide bonds. The summed E-state index contributed by atoms with van der Waals surface area (Å²) in [7, 11) is 1.84. The molecule has 0 bridgehead atoms. The van der Waals surface area contributed by atoms with Crippen molar-refractivity contribution in [3.05, 3.63) is 59.4 Å². The third-order valence-corrected chi connectivity index (χ3v) is 3.12. The zero-order valence-corrected chi connectivity index (χ0v) is 11.3. The number of aryl methyl sites for hydroxylation is 1. The van der Waals surface area contributed by atoms with E-state index in [1.54, 1.807) is 6.07 Å². The van der Waals surface area contributed by atoms with Crippen LogP contribution in [0.3, 0.4) is 0 Å². The highest BCUT2D eigenvalue weighted by molar-refractivity contribution is 6.02. The number of benzene rings is 2. The lowest BCUT2D eigenvalue weighted by atomic mass is 10.1. The summed E-state index contributed by atoms with van der Waals surface area (Å²) >= 11 is 0. The number of hydrogen-bond donors (Lipinski definition) is 2. The lowest BCUT2D eigenvalue weighted by Gasteiger charge is -2.22. The highest BCUT2D eigenvalue weighted by Crippen LogP contribution is 2.27. The molecule has 3 N–H and O–H groups in total. The molecule has 0 saturated heterocycles. The zero-order chi connectivity index (χ0) is 14.7. The Bertz CT molecular complexity index is 638. The van der Waals surface area contributed by atoms with E-state index in [0.717, 1.165) is 11.3 Å². The van der Waals surface area contributed by atoms with E-state index in [4.69, 9.17) is 10.9 Å². The molecule has 104 valence electrons. The summed E-state index contributed by atoms with van der Waals surface area (Å²) in [5.74, 6) is -0.564. The van der Waals surface area contributed by atoms with Crippen LogP contribution in [0.2, 0.25) is 0 Å². The van der Waals surface area contributed by atoms with E-state index in [-0.39, 0.29) is 5.84 Å². The number of oxime groups is 1. The molecule has 0 unspecified atom stereocenters. The van der Waals surface area contributed by atoms with Crippen molar-refractivity contribution < 1.29 is 9.60 Å². The molecule has 0 fully saturated rings. The zero-order valence-electron chi connectivity index (χ0n) is 11.3. The molecule has 5 heteroatoms. The molecule has 0 atom stereocenters. The van der Waals surface area contributed by atoms with Crippen LogP contribution in [0.15, 0.2) is 47.6 Å². The molecular weight excluding hydrogens is 257 g/mol. The molecule has 0 aromatic heterocycles. The predicted octanol–water partition coefficient (Wildman–Crippen LogP) is 3.00. The van der Waals surface area contributed by atoms with Gasteiger partial charge in [-0.15, -0.1) is 0 Å². The average Bonchev–Trinajstić information content (AvgIpc) is 2.46. The van der Waals surface area contributed by atoms with Crippen molar-refractivity contribution >= 4 is 17.2 Å². The Balaban J connectivity index is 2.49. The summed E-state index contributed by atoms with van der Waals surface area (Å²) < 4.78 is 13.4. The first kappa shape index (κ1) is 13.9. The topological polar surface area (TPSA) is 61.8 Å². The fourth-order valence-corrected chi connectivity index (χ4v) is 1.97. The SMILES string of the molecule is Cc1ccc(N(C)c2ccc(F)cc2C(N)=NO)cc1. The van der Waals surface area contributed by atoms with Gasteiger partial charge in [-0.2, -0.15) is 0 Å². The Labute approximate surface area is 116 Å². The van der Waals surface area contributed by atoms with Crippen molar-refractivity contribution in [2.24, 2.45) is 10.9 Å². The van der Waals surface area contributed by atoms with Gasteiger partial charge in [0.05, 0.1) is 5.69 Å². The highest BCUT2D eigenvalue weighted by atomic mass is 19.1. The van der Waals surface area contributed by atoms with Gasteiger partial charge in [0.25, 0.3) is 0 Å². The largest absolute Gasteiger partial charge is 0.409 e. The van der Waals surface area contributed by atoms with Gasteiger partial charge in [0.1, 0.15) is 5.82 Å². The first-order valence-corrected chi connectivity index (χ1v) is 6.11. The van der Waals surface area contributed by atoms with E-state index in [1.807, 2.05) is 43.1 Å². The standard InChI is InChI=1S/C15H16FN3O/c1-10-3-6-12(7-4-10)19(2)14-8-5-11(16)9-13(14)15(17)18-20/h3-9,20H,1-2H3,(H2,17,18). The Morgan fingerprint density at radius 1 is 1.20 bits per heavy atom. The second-order valence-electron chi connectivity index (χ2n) is 4.54. The summed E-state index contributed by atoms with van der Waals surface area (Å²) in [6.07, 6.45) is 0. The van der Waals surface area contributed by atoms with E-state index in [0.29, 0.717) is 11.3 Å². The summed E-state index contributed by atoms with van der Waals surface area (Å²) in [6.45, 7) is 2.00. The van der Waals surface area contributed by atoms with Crippen LogP contribution < -0.4 is 10.6 Å². The third-order valence-electron chi connectivity index (χ3n) is 3.12. The summed E-state index contributed by atoms with van der Waals surface area (Å²) in [5.41, 5.74) is 8.69. The normalized spacial score (nSPS) is 11.4. The van der Waals surface area contributed by atoms with E-state index >= 15 is 0 Å². The minimum atomic E-state index is -0.437. The summed E-state index contributed by atoms with van der Waals surface area (Å²) in [6, 6.07) is 12.1. The van der Waals surface area contributed by atoms with E-state index in [1.165, 1.54) is 12.1 Å². The summed E-state index contributed by atoms with van der Waals surface area (Å²) in [5, 5.41) is 11.8. The fourth-order valence-electron chi connectivity index (χ4n) is 1.97. The van der Waals surface area contributed by atoms with Crippen LogP contribution >= 0.6 is 0 Å². The van der Waals surface area contributed by atoms with Gasteiger partial charge in [0.2, 0.25) is 0 Å². The predicted molar refractivity (Wildman–Crippen MR) is 78.2 cm³/mol. The molecule has 0 spiro atoms. The van der Waals surface area contributed by atoms with Crippen molar-refractivity contribution in [3.8, 4) is 0 Å². The van der Waals surface area contributed by atoms with Crippen LogP contribution in [0, 0.1) is 12.7 Å². The van der Waals surface area contributed by atoms with Gasteiger partial charge in [-0.3, -0.25) is 0 Å². The molecule has 0 aliphatic rings. The van der Waals surface area contributed by atoms with E-state index in [2.05, 4.69) is 5.16 Å². The van der Waals surface area contributed by atoms with Crippen LogP contribution in [-0.2, 0) is 0 Å². The Hall–Kier alpha value is -2.56. The lowest BCUT2D eigenvalue weighted by molar-refractivity contribution is 0.318. The minimum absolute atomic E-state index is 0.126. The Morgan fingerprint density at radius 2 is 1.85 bits per heavy atom. The van der Waals surface area contributed by atoms with Crippen LogP contribution in [0.1, 0.15) is 11.1 Å². The van der Waals surface area contributed by atoms with Crippen molar-refractivity contribution in [2.45, 2.75) is 6.92 Å². The van der Waals surface area contributed by atoms with Crippen LogP contribution in [-0.4, -0.2) is 18.1 Å². The molecular formula is C15H16FN3O. The maximum atomic E-state index is 13.4. The number of rotatable bonds is 3. The van der Waals surface area contributed by atoms with Gasteiger partial charge in [-0.1, -0.05) is 22.9 Å². The Morgan fingerprint density at radius 3 is 2.45 bits per heavy atom. The Kier molecular flexibility index (Phi) is 3.89. The molecule has 0 aliphatic carbocycles. The van der Waals surface area contributed by atoms with Crippen molar-refractivity contribution in [3.63, 3.8) is 0 Å². The molecule has 0 radical (unpaired) electrons. The molecule has 2 aromatic carbocycles. The quantitative estimate of drug-likeness (QED) is 0.391. The minimum Gasteiger partial charge on any atom is -0.409 e. The van der Waals surface area contributed by atoms with Crippen molar-refractivity contribution in [1.29, 1.82) is 0 Å². The molecule has 4 nitrogen and oxygen atoms in total. The number of nitrogens with zero attached hydrogens (tertiary/aromatic N) is 2. The molecule has 0 saturated carbocycles. The second-order valence-corrected chi connectivity index (χ2v) is 4.54. The van der Waals surface area contributed by atoms with Gasteiger partial charge < -0.3 is 15.8 Å². The van der Waals surface area contributed by atoms with Crippen molar-refractivity contribution in [2.75, 3.05) is 11.9 Å². The second kappa shape index (κ2) is 5.61. The third kappa shape index (κ3) is 2.71. The van der Waals surface area contributed by atoms with Gasteiger partial charge >= 0.3 is 0 Å². The molecule has 2 aromatic rings. The van der Waals surface area contributed by atoms with Gasteiger partial charge in [-0.25, -0.2) is 4.39 Å². The van der Waals surface area contributed by atoms with Gasteiger partial charge in [0.15, 0.2) is 5.84 Å². The smallest absolute Gasteiger partial charge is 0.172 e. The average molecular weight is 273 g/mol. The maximum Gasteiger partial charge on any atom is 0.172 e. The highest BCUT2D eigenvalue weighted by Gasteiger charge is 2.13. The first-order valence-electron chi connectivity index (χ1n) is 6.11. The fraction of sp³-hybridized carbons (Fsp3) is 0.133. The number of nitrogens with two attached hydrogens (primary N) is 1. The van der Waals surface area contributed by atoms with Gasteiger partial charge in [0, 0.05) is 18.3 Å². The van der Waals surface area contributed by atoms with Crippen LogP contribution in [0.5, 0.6) is 0 Å². The van der Waals surface area contributed by atoms with E-state index < -0.39 is 5.82 Å². The monoisotopic (exact) mass is 273 g/mol. The van der Waals surface area contributed by atoms with Crippen LogP contribution in [0.4, 0.5) is 15.8 Å². The van der Waals surface area contributed by atoms with Gasteiger partial charge in [-0.05, 0) is 37.3 Å². The number of hydrogen-bond acceptors (Lipinski definition) is 3. The first-order chi connectivity index (χ1) is 9.52. The molecule has 0 heterocycles. The lowest BCUT2D eigenvalue weighted by Crippen LogP contribution is -2.19. The molecule has 2 rings (SSSR count). The molecule has 20 heavy (non-hydrogen) atoms. The van der Waals surface area contributed by atoms with E-state index in [9.17, 15) is 4.39 Å². The van der Waals surface area contributed by atoms with Crippen LogP contribution in [0.25, 0.3) is 0 Å². The summed E-state index contributed by atoms with van der Waals surface area (Å²) in [4.78, 5) is 1.85. The number of amidine groups is 1. The number of anilines is 2.